The predicted octanol–water partition coefficient (Wildman–Crippen LogP) is 0.744. The first kappa shape index (κ1) is 16.0. The molecule has 0 saturated carbocycles. The number of carbonyl (C=O) groups excluding carboxylic acids is 2. The van der Waals surface area contributed by atoms with Crippen LogP contribution in [0, 0.1) is 0 Å². The lowest BCUT2D eigenvalue weighted by Gasteiger charge is -2.32. The van der Waals surface area contributed by atoms with Crippen molar-refractivity contribution < 1.29 is 19.1 Å². The van der Waals surface area contributed by atoms with Crippen molar-refractivity contribution in [1.29, 1.82) is 0 Å². The van der Waals surface area contributed by atoms with Gasteiger partial charge >= 0.3 is 0 Å². The van der Waals surface area contributed by atoms with E-state index in [0.717, 1.165) is 26.2 Å². The third-order valence-corrected chi connectivity index (χ3v) is 4.38. The molecule has 3 rings (SSSR count). The Morgan fingerprint density at radius 3 is 2.78 bits per heavy atom. The zero-order valence-corrected chi connectivity index (χ0v) is 13.3. The molecule has 2 aliphatic rings. The van der Waals surface area contributed by atoms with Crippen LogP contribution in [0.25, 0.3) is 0 Å². The Hall–Kier alpha value is -1.92. The van der Waals surface area contributed by atoms with E-state index in [-0.39, 0.29) is 11.8 Å². The number of nitrogens with one attached hydrogen (secondary N) is 1. The second kappa shape index (κ2) is 7.10. The molecule has 1 aromatic carbocycles. The van der Waals surface area contributed by atoms with E-state index in [1.807, 2.05) is 24.3 Å². The predicted molar refractivity (Wildman–Crippen MR) is 84.2 cm³/mol. The molecule has 124 valence electrons. The molecule has 0 aliphatic carbocycles. The number of ether oxygens (including phenoxy) is 2. The maximum absolute atomic E-state index is 11.7. The molecule has 2 amide bonds. The monoisotopic (exact) mass is 318 g/mol. The standard InChI is InChI=1S/C17H22N2O4/c1-19-8-9-22-11-13(19)10-12-2-4-14(5-3-12)23-15-6-7-16(20)18-17(15)21/h2-5,13,15H,6-11H2,1H3,(H,18,20,21). The minimum Gasteiger partial charge on any atom is -0.481 e. The van der Waals surface area contributed by atoms with Crippen molar-refractivity contribution in [2.75, 3.05) is 26.8 Å². The van der Waals surface area contributed by atoms with Crippen LogP contribution in [0.15, 0.2) is 24.3 Å². The smallest absolute Gasteiger partial charge is 0.267 e. The highest BCUT2D eigenvalue weighted by molar-refractivity contribution is 5.99. The number of rotatable bonds is 4. The van der Waals surface area contributed by atoms with Gasteiger partial charge in [-0.2, -0.15) is 0 Å². The first-order valence-electron chi connectivity index (χ1n) is 7.99. The lowest BCUT2D eigenvalue weighted by Crippen LogP contribution is -2.46. The fourth-order valence-electron chi connectivity index (χ4n) is 2.88. The molecule has 1 aromatic rings. The molecule has 6 heteroatoms. The number of benzene rings is 1. The maximum Gasteiger partial charge on any atom is 0.267 e. The number of piperidine rings is 1. The minimum absolute atomic E-state index is 0.232. The van der Waals surface area contributed by atoms with Gasteiger partial charge in [0.25, 0.3) is 5.91 Å². The summed E-state index contributed by atoms with van der Waals surface area (Å²) in [6.07, 6.45) is 1.09. The lowest BCUT2D eigenvalue weighted by atomic mass is 10.0. The zero-order chi connectivity index (χ0) is 16.2. The van der Waals surface area contributed by atoms with Crippen LogP contribution >= 0.6 is 0 Å². The number of hydrogen-bond acceptors (Lipinski definition) is 5. The Bertz CT molecular complexity index is 572. The highest BCUT2D eigenvalue weighted by atomic mass is 16.5. The van der Waals surface area contributed by atoms with Crippen molar-refractivity contribution in [3.63, 3.8) is 0 Å². The summed E-state index contributed by atoms with van der Waals surface area (Å²) in [7, 11) is 2.12. The highest BCUT2D eigenvalue weighted by Crippen LogP contribution is 2.19. The summed E-state index contributed by atoms with van der Waals surface area (Å²) >= 11 is 0. The van der Waals surface area contributed by atoms with Gasteiger partial charge < -0.3 is 9.47 Å². The van der Waals surface area contributed by atoms with E-state index >= 15 is 0 Å². The Morgan fingerprint density at radius 1 is 1.30 bits per heavy atom. The molecule has 2 fully saturated rings. The van der Waals surface area contributed by atoms with Gasteiger partial charge in [-0.25, -0.2) is 0 Å². The summed E-state index contributed by atoms with van der Waals surface area (Å²) in [5.74, 6) is 0.0619. The summed E-state index contributed by atoms with van der Waals surface area (Å²) < 4.78 is 11.2. The van der Waals surface area contributed by atoms with E-state index in [4.69, 9.17) is 9.47 Å². The normalized spacial score (nSPS) is 26.0. The number of carbonyl (C=O) groups is 2. The van der Waals surface area contributed by atoms with E-state index in [9.17, 15) is 9.59 Å². The van der Waals surface area contributed by atoms with Gasteiger partial charge in [-0.15, -0.1) is 0 Å². The summed E-state index contributed by atoms with van der Waals surface area (Å²) in [4.78, 5) is 25.1. The number of hydrogen-bond donors (Lipinski definition) is 1. The third kappa shape index (κ3) is 4.09. The second-order valence-corrected chi connectivity index (χ2v) is 6.12. The Kier molecular flexibility index (Phi) is 4.93. The van der Waals surface area contributed by atoms with Gasteiger partial charge in [0.05, 0.1) is 13.2 Å². The Balaban J connectivity index is 1.56. The molecule has 2 unspecified atom stereocenters. The van der Waals surface area contributed by atoms with Crippen LogP contribution in [0.5, 0.6) is 5.75 Å². The van der Waals surface area contributed by atoms with E-state index < -0.39 is 6.10 Å². The number of likely N-dealkylation sites (N-methyl/N-ethyl adjacent to an activating group) is 1. The molecule has 23 heavy (non-hydrogen) atoms. The van der Waals surface area contributed by atoms with Crippen LogP contribution in [0.1, 0.15) is 18.4 Å². The van der Waals surface area contributed by atoms with Crippen LogP contribution in [0.3, 0.4) is 0 Å². The van der Waals surface area contributed by atoms with Crippen LogP contribution in [-0.2, 0) is 20.7 Å². The van der Waals surface area contributed by atoms with E-state index in [0.29, 0.717) is 24.6 Å². The van der Waals surface area contributed by atoms with E-state index in [1.165, 1.54) is 5.56 Å². The summed E-state index contributed by atoms with van der Waals surface area (Å²) in [6.45, 7) is 2.51. The molecule has 0 spiro atoms. The molecule has 0 radical (unpaired) electrons. The molecular formula is C17H22N2O4. The maximum atomic E-state index is 11.7. The highest BCUT2D eigenvalue weighted by Gasteiger charge is 2.28. The van der Waals surface area contributed by atoms with Gasteiger partial charge in [0.1, 0.15) is 5.75 Å². The summed E-state index contributed by atoms with van der Waals surface area (Å²) in [6, 6.07) is 8.18. The number of morpholine rings is 1. The molecule has 2 aliphatic heterocycles. The number of imide groups is 1. The van der Waals surface area contributed by atoms with Gasteiger partial charge in [-0.1, -0.05) is 12.1 Å². The topological polar surface area (TPSA) is 67.9 Å². The number of amides is 2. The molecule has 0 bridgehead atoms. The number of nitrogens with zero attached hydrogens (tertiary/aromatic N) is 1. The van der Waals surface area contributed by atoms with Crippen molar-refractivity contribution in [3.05, 3.63) is 29.8 Å². The fraction of sp³-hybridized carbons (Fsp3) is 0.529. The summed E-state index contributed by atoms with van der Waals surface area (Å²) in [5.41, 5.74) is 1.21. The largest absolute Gasteiger partial charge is 0.481 e. The average molecular weight is 318 g/mol. The molecule has 0 aromatic heterocycles. The van der Waals surface area contributed by atoms with Gasteiger partial charge in [-0.05, 0) is 31.2 Å². The fourth-order valence-corrected chi connectivity index (χ4v) is 2.88. The van der Waals surface area contributed by atoms with Crippen LogP contribution in [-0.4, -0.2) is 55.7 Å². The SMILES string of the molecule is CN1CCOCC1Cc1ccc(OC2CCC(=O)NC2=O)cc1. The molecule has 2 saturated heterocycles. The van der Waals surface area contributed by atoms with E-state index in [1.54, 1.807) is 0 Å². The zero-order valence-electron chi connectivity index (χ0n) is 13.3. The molecule has 1 N–H and O–H groups in total. The van der Waals surface area contributed by atoms with Crippen molar-refractivity contribution in [3.8, 4) is 5.75 Å². The van der Waals surface area contributed by atoms with Crippen molar-refractivity contribution in [2.45, 2.75) is 31.4 Å². The molecule has 2 atom stereocenters. The molecule has 2 heterocycles. The second-order valence-electron chi connectivity index (χ2n) is 6.12. The quantitative estimate of drug-likeness (QED) is 0.830. The van der Waals surface area contributed by atoms with Crippen molar-refractivity contribution in [1.82, 2.24) is 10.2 Å². The third-order valence-electron chi connectivity index (χ3n) is 4.38. The van der Waals surface area contributed by atoms with Crippen LogP contribution < -0.4 is 10.1 Å². The minimum atomic E-state index is -0.587. The Morgan fingerprint density at radius 2 is 2.09 bits per heavy atom. The van der Waals surface area contributed by atoms with Gasteiger partial charge in [0.15, 0.2) is 6.10 Å². The van der Waals surface area contributed by atoms with Crippen molar-refractivity contribution >= 4 is 11.8 Å². The van der Waals surface area contributed by atoms with Gasteiger partial charge in [-0.3, -0.25) is 19.8 Å². The van der Waals surface area contributed by atoms with E-state index in [2.05, 4.69) is 17.3 Å². The van der Waals surface area contributed by atoms with Crippen LogP contribution in [0.2, 0.25) is 0 Å². The lowest BCUT2D eigenvalue weighted by molar-refractivity contribution is -0.138. The average Bonchev–Trinajstić information content (AvgIpc) is 2.54. The van der Waals surface area contributed by atoms with Crippen LogP contribution in [0.4, 0.5) is 0 Å². The summed E-state index contributed by atoms with van der Waals surface area (Å²) in [5, 5.41) is 2.30. The first-order chi connectivity index (χ1) is 11.1. The van der Waals surface area contributed by atoms with Gasteiger partial charge in [0.2, 0.25) is 5.91 Å². The van der Waals surface area contributed by atoms with Gasteiger partial charge in [0, 0.05) is 25.4 Å². The first-order valence-corrected chi connectivity index (χ1v) is 7.99. The molecular weight excluding hydrogens is 296 g/mol. The molecule has 6 nitrogen and oxygen atoms in total. The van der Waals surface area contributed by atoms with Crippen molar-refractivity contribution in [2.24, 2.45) is 0 Å². The Labute approximate surface area is 135 Å².